The molecule has 0 aliphatic rings. The lowest BCUT2D eigenvalue weighted by atomic mass is 10.1. The second-order valence-electron chi connectivity index (χ2n) is 5.21. The average Bonchev–Trinajstić information content (AvgIpc) is 2.64. The fraction of sp³-hybridized carbons (Fsp3) is 0.211. The van der Waals surface area contributed by atoms with E-state index < -0.39 is 11.8 Å². The number of aryl methyl sites for hydroxylation is 1. The predicted molar refractivity (Wildman–Crippen MR) is 97.8 cm³/mol. The van der Waals surface area contributed by atoms with Crippen LogP contribution in [0.4, 0.5) is 5.69 Å². The molecule has 6 heteroatoms. The molecule has 0 aliphatic carbocycles. The summed E-state index contributed by atoms with van der Waals surface area (Å²) in [6, 6.07) is 14.5. The number of hydrogen-bond acceptors (Lipinski definition) is 4. The van der Waals surface area contributed by atoms with E-state index in [1.54, 1.807) is 36.4 Å². The minimum atomic E-state index is -0.832. The quantitative estimate of drug-likeness (QED) is 0.482. The molecule has 0 unspecified atom stereocenters. The maximum atomic E-state index is 11.8. The van der Waals surface area contributed by atoms with Crippen LogP contribution in [-0.2, 0) is 16.0 Å². The fourth-order valence-electron chi connectivity index (χ4n) is 2.04. The van der Waals surface area contributed by atoms with Gasteiger partial charge in [-0.3, -0.25) is 9.59 Å². The molecular formula is C19H21N3O3. The number of hydrazone groups is 1. The normalized spacial score (nSPS) is 10.5. The second-order valence-corrected chi connectivity index (χ2v) is 5.21. The van der Waals surface area contributed by atoms with Gasteiger partial charge in [-0.1, -0.05) is 19.1 Å². The summed E-state index contributed by atoms with van der Waals surface area (Å²) in [7, 11) is 0. The van der Waals surface area contributed by atoms with E-state index in [0.717, 1.165) is 23.3 Å². The SMILES string of the molecule is CCOc1ccc(C=NNC(=O)C(=O)Nc2ccc(CC)cc2)cc1. The first-order valence-corrected chi connectivity index (χ1v) is 8.08. The number of anilines is 1. The molecule has 0 atom stereocenters. The molecule has 0 aromatic heterocycles. The number of ether oxygens (including phenoxy) is 1. The van der Waals surface area contributed by atoms with Gasteiger partial charge in [-0.15, -0.1) is 0 Å². The molecule has 0 heterocycles. The Kier molecular flexibility index (Phi) is 6.71. The maximum Gasteiger partial charge on any atom is 0.329 e. The average molecular weight is 339 g/mol. The first kappa shape index (κ1) is 18.2. The van der Waals surface area contributed by atoms with Crippen molar-refractivity contribution in [1.29, 1.82) is 0 Å². The third kappa shape index (κ3) is 5.76. The summed E-state index contributed by atoms with van der Waals surface area (Å²) < 4.78 is 5.34. The fourth-order valence-corrected chi connectivity index (χ4v) is 2.04. The lowest BCUT2D eigenvalue weighted by Crippen LogP contribution is -2.32. The van der Waals surface area contributed by atoms with Crippen molar-refractivity contribution >= 4 is 23.7 Å². The number of amides is 2. The van der Waals surface area contributed by atoms with Crippen LogP contribution >= 0.6 is 0 Å². The standard InChI is InChI=1S/C19H21N3O3/c1-3-14-5-9-16(10-6-14)21-18(23)19(24)22-20-13-15-7-11-17(12-8-15)25-4-2/h5-13H,3-4H2,1-2H3,(H,21,23)(H,22,24). The number of carbonyl (C=O) groups excluding carboxylic acids is 2. The van der Waals surface area contributed by atoms with E-state index in [4.69, 9.17) is 4.74 Å². The zero-order valence-electron chi connectivity index (χ0n) is 14.3. The Balaban J connectivity index is 1.84. The summed E-state index contributed by atoms with van der Waals surface area (Å²) in [5.74, 6) is -0.841. The van der Waals surface area contributed by atoms with Gasteiger partial charge in [0.2, 0.25) is 0 Å². The summed E-state index contributed by atoms with van der Waals surface area (Å²) in [4.78, 5) is 23.6. The molecule has 2 amide bonds. The zero-order chi connectivity index (χ0) is 18.1. The highest BCUT2D eigenvalue weighted by Gasteiger charge is 2.12. The molecule has 0 spiro atoms. The Labute approximate surface area is 146 Å². The first-order chi connectivity index (χ1) is 12.1. The van der Waals surface area contributed by atoms with Crippen molar-refractivity contribution in [3.8, 4) is 5.75 Å². The van der Waals surface area contributed by atoms with Crippen LogP contribution in [0.1, 0.15) is 25.0 Å². The van der Waals surface area contributed by atoms with E-state index in [9.17, 15) is 9.59 Å². The lowest BCUT2D eigenvalue weighted by molar-refractivity contribution is -0.136. The molecule has 2 aromatic carbocycles. The van der Waals surface area contributed by atoms with Crippen LogP contribution in [0.3, 0.4) is 0 Å². The smallest absolute Gasteiger partial charge is 0.329 e. The van der Waals surface area contributed by atoms with Crippen LogP contribution in [0.5, 0.6) is 5.75 Å². The summed E-state index contributed by atoms with van der Waals surface area (Å²) >= 11 is 0. The number of rotatable bonds is 6. The van der Waals surface area contributed by atoms with Crippen molar-refractivity contribution < 1.29 is 14.3 Å². The van der Waals surface area contributed by atoms with Gasteiger partial charge < -0.3 is 10.1 Å². The van der Waals surface area contributed by atoms with E-state index in [0.29, 0.717) is 12.3 Å². The maximum absolute atomic E-state index is 11.8. The first-order valence-electron chi connectivity index (χ1n) is 8.08. The molecule has 6 nitrogen and oxygen atoms in total. The van der Waals surface area contributed by atoms with E-state index in [1.165, 1.54) is 6.21 Å². The minimum absolute atomic E-state index is 0.563. The molecule has 2 aromatic rings. The molecule has 0 aliphatic heterocycles. The van der Waals surface area contributed by atoms with Gasteiger partial charge in [0.1, 0.15) is 5.75 Å². The van der Waals surface area contributed by atoms with Gasteiger partial charge in [0.05, 0.1) is 12.8 Å². The molecule has 2 N–H and O–H groups in total. The van der Waals surface area contributed by atoms with Crippen LogP contribution in [0.15, 0.2) is 53.6 Å². The molecule has 25 heavy (non-hydrogen) atoms. The van der Waals surface area contributed by atoms with Gasteiger partial charge in [-0.25, -0.2) is 5.43 Å². The second kappa shape index (κ2) is 9.22. The number of benzene rings is 2. The van der Waals surface area contributed by atoms with Gasteiger partial charge in [-0.05, 0) is 60.9 Å². The Bertz CT molecular complexity index is 738. The van der Waals surface area contributed by atoms with Gasteiger partial charge >= 0.3 is 11.8 Å². The number of nitrogens with one attached hydrogen (secondary N) is 2. The van der Waals surface area contributed by atoms with Crippen molar-refractivity contribution in [2.75, 3.05) is 11.9 Å². The molecule has 2 rings (SSSR count). The van der Waals surface area contributed by atoms with Gasteiger partial charge in [-0.2, -0.15) is 5.10 Å². The largest absolute Gasteiger partial charge is 0.494 e. The highest BCUT2D eigenvalue weighted by molar-refractivity contribution is 6.39. The molecule has 0 fully saturated rings. The molecule has 0 bridgehead atoms. The Morgan fingerprint density at radius 3 is 2.28 bits per heavy atom. The Morgan fingerprint density at radius 2 is 1.68 bits per heavy atom. The summed E-state index contributed by atoms with van der Waals surface area (Å²) in [5.41, 5.74) is 4.70. The van der Waals surface area contributed by atoms with Crippen LogP contribution in [0.25, 0.3) is 0 Å². The Morgan fingerprint density at radius 1 is 1.00 bits per heavy atom. The summed E-state index contributed by atoms with van der Waals surface area (Å²) in [5, 5.41) is 6.30. The minimum Gasteiger partial charge on any atom is -0.494 e. The van der Waals surface area contributed by atoms with E-state index in [1.807, 2.05) is 26.0 Å². The monoisotopic (exact) mass is 339 g/mol. The lowest BCUT2D eigenvalue weighted by Gasteiger charge is -2.05. The van der Waals surface area contributed by atoms with E-state index >= 15 is 0 Å². The highest BCUT2D eigenvalue weighted by atomic mass is 16.5. The molecule has 0 radical (unpaired) electrons. The highest BCUT2D eigenvalue weighted by Crippen LogP contribution is 2.11. The topological polar surface area (TPSA) is 79.8 Å². The third-order valence-electron chi connectivity index (χ3n) is 3.40. The van der Waals surface area contributed by atoms with Crippen molar-refractivity contribution in [1.82, 2.24) is 5.43 Å². The van der Waals surface area contributed by atoms with Gasteiger partial charge in [0.25, 0.3) is 0 Å². The molecule has 130 valence electrons. The Hall–Kier alpha value is -3.15. The van der Waals surface area contributed by atoms with Crippen molar-refractivity contribution in [2.24, 2.45) is 5.10 Å². The van der Waals surface area contributed by atoms with Crippen LogP contribution in [-0.4, -0.2) is 24.6 Å². The van der Waals surface area contributed by atoms with Gasteiger partial charge in [0.15, 0.2) is 0 Å². The van der Waals surface area contributed by atoms with E-state index in [2.05, 4.69) is 15.8 Å². The number of nitrogens with zero attached hydrogens (tertiary/aromatic N) is 1. The van der Waals surface area contributed by atoms with Gasteiger partial charge in [0, 0.05) is 5.69 Å². The van der Waals surface area contributed by atoms with Crippen molar-refractivity contribution in [3.63, 3.8) is 0 Å². The number of hydrogen-bond donors (Lipinski definition) is 2. The van der Waals surface area contributed by atoms with Crippen LogP contribution in [0.2, 0.25) is 0 Å². The molecular weight excluding hydrogens is 318 g/mol. The predicted octanol–water partition coefficient (Wildman–Crippen LogP) is 2.74. The molecule has 0 saturated heterocycles. The zero-order valence-corrected chi connectivity index (χ0v) is 14.3. The van der Waals surface area contributed by atoms with E-state index in [-0.39, 0.29) is 0 Å². The summed E-state index contributed by atoms with van der Waals surface area (Å²) in [6.45, 7) is 4.55. The number of carbonyl (C=O) groups is 2. The summed E-state index contributed by atoms with van der Waals surface area (Å²) in [6.07, 6.45) is 2.37. The van der Waals surface area contributed by atoms with Crippen LogP contribution in [0, 0.1) is 0 Å². The third-order valence-corrected chi connectivity index (χ3v) is 3.40. The van der Waals surface area contributed by atoms with Crippen molar-refractivity contribution in [2.45, 2.75) is 20.3 Å². The molecule has 0 saturated carbocycles. The van der Waals surface area contributed by atoms with Crippen molar-refractivity contribution in [3.05, 3.63) is 59.7 Å². The van der Waals surface area contributed by atoms with Crippen LogP contribution < -0.4 is 15.5 Å².